The van der Waals surface area contributed by atoms with Crippen molar-refractivity contribution in [1.82, 2.24) is 10.3 Å². The number of hydrogen-bond donors (Lipinski definition) is 2. The lowest BCUT2D eigenvalue weighted by Crippen LogP contribution is -2.27. The van der Waals surface area contributed by atoms with E-state index in [0.717, 1.165) is 40.6 Å². The number of ether oxygens (including phenoxy) is 2. The Balaban J connectivity index is 1.62. The molecule has 5 heteroatoms. The van der Waals surface area contributed by atoms with Gasteiger partial charge < -0.3 is 19.8 Å². The molecule has 2 aromatic carbocycles. The Morgan fingerprint density at radius 3 is 2.50 bits per heavy atom. The first kappa shape index (κ1) is 19.8. The van der Waals surface area contributed by atoms with Gasteiger partial charge in [0.1, 0.15) is 0 Å². The number of carbonyl (C=O) groups is 1. The summed E-state index contributed by atoms with van der Waals surface area (Å²) in [4.78, 5) is 15.9. The first-order valence-corrected chi connectivity index (χ1v) is 9.63. The van der Waals surface area contributed by atoms with Crippen molar-refractivity contribution in [1.29, 1.82) is 0 Å². The first-order chi connectivity index (χ1) is 13.5. The van der Waals surface area contributed by atoms with Gasteiger partial charge in [0.25, 0.3) is 0 Å². The number of nitrogens with one attached hydrogen (secondary N) is 2. The lowest BCUT2D eigenvalue weighted by Gasteiger charge is -2.10. The van der Waals surface area contributed by atoms with Crippen molar-refractivity contribution in [3.8, 4) is 11.5 Å². The lowest BCUT2D eigenvalue weighted by molar-refractivity contribution is -0.120. The average molecular weight is 380 g/mol. The molecule has 1 heterocycles. The van der Waals surface area contributed by atoms with E-state index in [0.29, 0.717) is 24.5 Å². The van der Waals surface area contributed by atoms with Crippen LogP contribution in [0, 0.1) is 6.92 Å². The Kier molecular flexibility index (Phi) is 6.24. The number of methoxy groups -OCH3 is 2. The zero-order chi connectivity index (χ0) is 20.1. The van der Waals surface area contributed by atoms with Gasteiger partial charge in [0.15, 0.2) is 11.5 Å². The summed E-state index contributed by atoms with van der Waals surface area (Å²) in [5.41, 5.74) is 5.59. The monoisotopic (exact) mass is 380 g/mol. The highest BCUT2D eigenvalue weighted by Gasteiger charge is 2.13. The van der Waals surface area contributed by atoms with Crippen LogP contribution < -0.4 is 14.8 Å². The maximum absolute atomic E-state index is 12.5. The minimum absolute atomic E-state index is 0.0337. The van der Waals surface area contributed by atoms with Crippen molar-refractivity contribution in [3.63, 3.8) is 0 Å². The summed E-state index contributed by atoms with van der Waals surface area (Å²) in [6, 6.07) is 12.2. The largest absolute Gasteiger partial charge is 0.493 e. The van der Waals surface area contributed by atoms with Gasteiger partial charge in [0.2, 0.25) is 5.91 Å². The van der Waals surface area contributed by atoms with Crippen LogP contribution in [0.15, 0.2) is 36.4 Å². The maximum Gasteiger partial charge on any atom is 0.224 e. The maximum atomic E-state index is 12.5. The summed E-state index contributed by atoms with van der Waals surface area (Å²) in [5, 5.41) is 4.18. The standard InChI is InChI=1S/C23H28N2O3/c1-5-16-6-8-20-19(12-16)18(15(2)25-20)14-23(26)24-11-10-17-7-9-21(27-3)22(13-17)28-4/h6-9,12-13,25H,5,10-11,14H2,1-4H3,(H,24,26). The minimum Gasteiger partial charge on any atom is -0.493 e. The third-order valence-electron chi connectivity index (χ3n) is 5.11. The fourth-order valence-electron chi connectivity index (χ4n) is 3.48. The molecule has 0 spiro atoms. The van der Waals surface area contributed by atoms with Crippen molar-refractivity contribution in [2.75, 3.05) is 20.8 Å². The predicted molar refractivity (Wildman–Crippen MR) is 112 cm³/mol. The summed E-state index contributed by atoms with van der Waals surface area (Å²) in [7, 11) is 3.24. The molecule has 5 nitrogen and oxygen atoms in total. The third kappa shape index (κ3) is 4.30. The van der Waals surface area contributed by atoms with Crippen LogP contribution >= 0.6 is 0 Å². The molecule has 0 aliphatic heterocycles. The van der Waals surface area contributed by atoms with E-state index in [1.165, 1.54) is 5.56 Å². The Labute approximate surface area is 166 Å². The fraction of sp³-hybridized carbons (Fsp3) is 0.348. The van der Waals surface area contributed by atoms with E-state index in [1.807, 2.05) is 25.1 Å². The van der Waals surface area contributed by atoms with Crippen LogP contribution in [0.2, 0.25) is 0 Å². The molecule has 28 heavy (non-hydrogen) atoms. The van der Waals surface area contributed by atoms with E-state index < -0.39 is 0 Å². The summed E-state index contributed by atoms with van der Waals surface area (Å²) in [6.07, 6.45) is 2.10. The van der Waals surface area contributed by atoms with E-state index in [4.69, 9.17) is 9.47 Å². The van der Waals surface area contributed by atoms with Gasteiger partial charge in [-0.1, -0.05) is 19.1 Å². The molecule has 1 amide bonds. The summed E-state index contributed by atoms with van der Waals surface area (Å²) in [6.45, 7) is 4.75. The quantitative estimate of drug-likeness (QED) is 0.622. The predicted octanol–water partition coefficient (Wildman–Crippen LogP) is 3.96. The number of benzene rings is 2. The second kappa shape index (κ2) is 8.83. The molecule has 0 atom stereocenters. The van der Waals surface area contributed by atoms with Crippen molar-refractivity contribution in [2.24, 2.45) is 0 Å². The average Bonchev–Trinajstić information content (AvgIpc) is 3.02. The molecule has 0 radical (unpaired) electrons. The van der Waals surface area contributed by atoms with E-state index in [-0.39, 0.29) is 5.91 Å². The Hall–Kier alpha value is -2.95. The van der Waals surface area contributed by atoms with Crippen LogP contribution in [0.5, 0.6) is 11.5 Å². The number of aromatic amines is 1. The molecule has 3 aromatic rings. The SMILES string of the molecule is CCc1ccc2[nH]c(C)c(CC(=O)NCCc3ccc(OC)c(OC)c3)c2c1. The van der Waals surface area contributed by atoms with Crippen LogP contribution in [-0.2, 0) is 24.1 Å². The van der Waals surface area contributed by atoms with Gasteiger partial charge >= 0.3 is 0 Å². The number of H-pyrrole nitrogens is 1. The molecule has 148 valence electrons. The molecule has 1 aromatic heterocycles. The van der Waals surface area contributed by atoms with Gasteiger partial charge in [-0.25, -0.2) is 0 Å². The smallest absolute Gasteiger partial charge is 0.224 e. The number of carbonyl (C=O) groups excluding carboxylic acids is 1. The highest BCUT2D eigenvalue weighted by atomic mass is 16.5. The van der Waals surface area contributed by atoms with Crippen LogP contribution in [0.25, 0.3) is 10.9 Å². The highest BCUT2D eigenvalue weighted by molar-refractivity contribution is 5.90. The fourth-order valence-corrected chi connectivity index (χ4v) is 3.48. The molecule has 0 saturated carbocycles. The first-order valence-electron chi connectivity index (χ1n) is 9.63. The lowest BCUT2D eigenvalue weighted by atomic mass is 10.0. The highest BCUT2D eigenvalue weighted by Crippen LogP contribution is 2.27. The minimum atomic E-state index is 0.0337. The second-order valence-corrected chi connectivity index (χ2v) is 6.93. The molecule has 0 aliphatic rings. The van der Waals surface area contributed by atoms with Crippen LogP contribution in [0.3, 0.4) is 0 Å². The van der Waals surface area contributed by atoms with Crippen LogP contribution in [-0.4, -0.2) is 31.7 Å². The molecular weight excluding hydrogens is 352 g/mol. The van der Waals surface area contributed by atoms with Gasteiger partial charge in [-0.15, -0.1) is 0 Å². The Bertz CT molecular complexity index is 975. The summed E-state index contributed by atoms with van der Waals surface area (Å²) >= 11 is 0. The molecular formula is C23H28N2O3. The summed E-state index contributed by atoms with van der Waals surface area (Å²) in [5.74, 6) is 1.44. The number of amides is 1. The zero-order valence-corrected chi connectivity index (χ0v) is 17.0. The van der Waals surface area contributed by atoms with E-state index in [2.05, 4.69) is 35.4 Å². The van der Waals surface area contributed by atoms with Crippen LogP contribution in [0.1, 0.15) is 29.3 Å². The van der Waals surface area contributed by atoms with Gasteiger partial charge in [-0.3, -0.25) is 4.79 Å². The number of aryl methyl sites for hydroxylation is 2. The van der Waals surface area contributed by atoms with Crippen molar-refractivity contribution >= 4 is 16.8 Å². The van der Waals surface area contributed by atoms with E-state index >= 15 is 0 Å². The van der Waals surface area contributed by atoms with Crippen molar-refractivity contribution < 1.29 is 14.3 Å². The van der Waals surface area contributed by atoms with Gasteiger partial charge in [0.05, 0.1) is 20.6 Å². The van der Waals surface area contributed by atoms with Gasteiger partial charge in [-0.2, -0.15) is 0 Å². The van der Waals surface area contributed by atoms with E-state index in [9.17, 15) is 4.79 Å². The number of hydrogen-bond acceptors (Lipinski definition) is 3. The molecule has 0 unspecified atom stereocenters. The zero-order valence-electron chi connectivity index (χ0n) is 17.0. The van der Waals surface area contributed by atoms with Crippen molar-refractivity contribution in [2.45, 2.75) is 33.1 Å². The molecule has 0 saturated heterocycles. The number of rotatable bonds is 8. The molecule has 2 N–H and O–H groups in total. The van der Waals surface area contributed by atoms with Gasteiger partial charge in [-0.05, 0) is 60.7 Å². The topological polar surface area (TPSA) is 63.4 Å². The Morgan fingerprint density at radius 2 is 1.79 bits per heavy atom. The normalized spacial score (nSPS) is 10.9. The molecule has 0 fully saturated rings. The third-order valence-corrected chi connectivity index (χ3v) is 5.11. The van der Waals surface area contributed by atoms with Crippen molar-refractivity contribution in [3.05, 3.63) is 58.8 Å². The second-order valence-electron chi connectivity index (χ2n) is 6.93. The molecule has 0 bridgehead atoms. The number of aromatic nitrogens is 1. The number of fused-ring (bicyclic) bond motifs is 1. The Morgan fingerprint density at radius 1 is 1.04 bits per heavy atom. The molecule has 0 aliphatic carbocycles. The van der Waals surface area contributed by atoms with Crippen LogP contribution in [0.4, 0.5) is 0 Å². The summed E-state index contributed by atoms with van der Waals surface area (Å²) < 4.78 is 10.6. The molecule has 3 rings (SSSR count). The van der Waals surface area contributed by atoms with Gasteiger partial charge in [0, 0.05) is 23.1 Å². The van der Waals surface area contributed by atoms with E-state index in [1.54, 1.807) is 14.2 Å².